The first-order valence-corrected chi connectivity index (χ1v) is 6.29. The third-order valence-electron chi connectivity index (χ3n) is 3.30. The lowest BCUT2D eigenvalue weighted by Gasteiger charge is -2.30. The maximum absolute atomic E-state index is 12.0. The third kappa shape index (κ3) is 3.12. The Labute approximate surface area is 112 Å². The molecule has 19 heavy (non-hydrogen) atoms. The van der Waals surface area contributed by atoms with E-state index < -0.39 is 11.5 Å². The largest absolute Gasteiger partial charge is 0.467 e. The van der Waals surface area contributed by atoms with E-state index in [4.69, 9.17) is 19.9 Å². The van der Waals surface area contributed by atoms with Crippen LogP contribution < -0.4 is 5.73 Å². The Morgan fingerprint density at radius 2 is 2.11 bits per heavy atom. The number of rotatable bonds is 6. The van der Waals surface area contributed by atoms with Gasteiger partial charge in [0.2, 0.25) is 0 Å². The van der Waals surface area contributed by atoms with Crippen molar-refractivity contribution in [3.05, 3.63) is 35.9 Å². The summed E-state index contributed by atoms with van der Waals surface area (Å²) in [5.74, 6) is -0.452. The van der Waals surface area contributed by atoms with E-state index in [9.17, 15) is 4.79 Å². The Morgan fingerprint density at radius 3 is 2.63 bits per heavy atom. The first-order chi connectivity index (χ1) is 9.16. The molecule has 0 saturated carbocycles. The van der Waals surface area contributed by atoms with Gasteiger partial charge in [0.15, 0.2) is 0 Å². The summed E-state index contributed by atoms with van der Waals surface area (Å²) in [6.07, 6.45) is 0.498. The van der Waals surface area contributed by atoms with Crippen molar-refractivity contribution in [2.45, 2.75) is 18.1 Å². The topological polar surface area (TPSA) is 70.8 Å². The Hall–Kier alpha value is -1.43. The van der Waals surface area contributed by atoms with Gasteiger partial charge in [0.1, 0.15) is 11.6 Å². The van der Waals surface area contributed by atoms with Crippen molar-refractivity contribution in [2.24, 2.45) is 5.73 Å². The van der Waals surface area contributed by atoms with Crippen LogP contribution in [-0.4, -0.2) is 39.0 Å². The minimum Gasteiger partial charge on any atom is -0.467 e. The Morgan fingerprint density at radius 1 is 1.42 bits per heavy atom. The molecule has 0 radical (unpaired) electrons. The molecule has 1 aliphatic heterocycles. The van der Waals surface area contributed by atoms with Gasteiger partial charge in [-0.3, -0.25) is 0 Å². The predicted molar refractivity (Wildman–Crippen MR) is 69.5 cm³/mol. The number of carbonyl (C=O) groups is 1. The van der Waals surface area contributed by atoms with Crippen molar-refractivity contribution < 1.29 is 19.0 Å². The van der Waals surface area contributed by atoms with Crippen LogP contribution >= 0.6 is 0 Å². The van der Waals surface area contributed by atoms with Gasteiger partial charge in [0.25, 0.3) is 0 Å². The molecule has 5 heteroatoms. The van der Waals surface area contributed by atoms with E-state index in [1.54, 1.807) is 0 Å². The van der Waals surface area contributed by atoms with Crippen molar-refractivity contribution in [3.63, 3.8) is 0 Å². The molecule has 0 spiro atoms. The Bertz CT molecular complexity index is 419. The summed E-state index contributed by atoms with van der Waals surface area (Å²) in [6.45, 7) is 1.62. The van der Waals surface area contributed by atoms with Crippen LogP contribution in [0.15, 0.2) is 30.3 Å². The molecule has 0 aromatic heterocycles. The molecule has 1 saturated heterocycles. The van der Waals surface area contributed by atoms with Crippen molar-refractivity contribution >= 4 is 5.97 Å². The summed E-state index contributed by atoms with van der Waals surface area (Å²) in [5.41, 5.74) is 5.80. The van der Waals surface area contributed by atoms with E-state index >= 15 is 0 Å². The number of esters is 1. The lowest BCUT2D eigenvalue weighted by Crippen LogP contribution is -2.47. The molecule has 1 unspecified atom stereocenters. The SMILES string of the molecule is COC(=O)C(N)(CCOC1COC1)c1ccccc1. The molecule has 0 bridgehead atoms. The normalized spacial score (nSPS) is 18.4. The lowest BCUT2D eigenvalue weighted by molar-refractivity contribution is -0.152. The first kappa shape index (κ1) is 14.0. The third-order valence-corrected chi connectivity index (χ3v) is 3.30. The van der Waals surface area contributed by atoms with Gasteiger partial charge in [-0.1, -0.05) is 30.3 Å². The predicted octanol–water partition coefficient (Wildman–Crippen LogP) is 0.819. The average Bonchev–Trinajstić information content (AvgIpc) is 2.41. The van der Waals surface area contributed by atoms with Crippen molar-refractivity contribution in [3.8, 4) is 0 Å². The van der Waals surface area contributed by atoms with E-state index in [1.807, 2.05) is 30.3 Å². The van der Waals surface area contributed by atoms with Gasteiger partial charge < -0.3 is 19.9 Å². The van der Waals surface area contributed by atoms with Crippen LogP contribution in [0, 0.1) is 0 Å². The fraction of sp³-hybridized carbons (Fsp3) is 0.500. The number of carbonyl (C=O) groups excluding carboxylic acids is 1. The van der Waals surface area contributed by atoms with Gasteiger partial charge in [-0.25, -0.2) is 4.79 Å². The van der Waals surface area contributed by atoms with E-state index in [0.29, 0.717) is 26.2 Å². The number of hydrogen-bond acceptors (Lipinski definition) is 5. The molecule has 2 N–H and O–H groups in total. The maximum atomic E-state index is 12.0. The highest BCUT2D eigenvalue weighted by Crippen LogP contribution is 2.24. The Balaban J connectivity index is 2.03. The highest BCUT2D eigenvalue weighted by atomic mass is 16.6. The van der Waals surface area contributed by atoms with Gasteiger partial charge in [-0.05, 0) is 5.56 Å². The molecule has 1 aliphatic rings. The molecule has 0 amide bonds. The molecule has 1 fully saturated rings. The number of hydrogen-bond donors (Lipinski definition) is 1. The summed E-state index contributed by atoms with van der Waals surface area (Å²) in [5, 5.41) is 0. The smallest absolute Gasteiger partial charge is 0.330 e. The molecule has 5 nitrogen and oxygen atoms in total. The number of benzene rings is 1. The van der Waals surface area contributed by atoms with Crippen LogP contribution in [0.25, 0.3) is 0 Å². The molecule has 2 rings (SSSR count). The maximum Gasteiger partial charge on any atom is 0.330 e. The molecule has 1 aromatic carbocycles. The summed E-state index contributed by atoms with van der Waals surface area (Å²) in [6, 6.07) is 9.22. The summed E-state index contributed by atoms with van der Waals surface area (Å²) < 4.78 is 15.4. The highest BCUT2D eigenvalue weighted by Gasteiger charge is 2.37. The zero-order valence-corrected chi connectivity index (χ0v) is 11.0. The zero-order chi connectivity index (χ0) is 13.7. The van der Waals surface area contributed by atoms with E-state index in [0.717, 1.165) is 5.56 Å². The van der Waals surface area contributed by atoms with Crippen LogP contribution in [0.2, 0.25) is 0 Å². The summed E-state index contributed by atoms with van der Waals surface area (Å²) in [7, 11) is 1.34. The molecule has 1 atom stereocenters. The molecular formula is C14H19NO4. The van der Waals surface area contributed by atoms with Crippen molar-refractivity contribution in [1.82, 2.24) is 0 Å². The summed E-state index contributed by atoms with van der Waals surface area (Å²) >= 11 is 0. The zero-order valence-electron chi connectivity index (χ0n) is 11.0. The van der Waals surface area contributed by atoms with Gasteiger partial charge in [0.05, 0.1) is 20.3 Å². The molecule has 0 aliphatic carbocycles. The minimum absolute atomic E-state index is 0.123. The van der Waals surface area contributed by atoms with Gasteiger partial charge in [-0.2, -0.15) is 0 Å². The second kappa shape index (κ2) is 6.14. The molecule has 104 valence electrons. The number of ether oxygens (including phenoxy) is 3. The molecule has 1 heterocycles. The van der Waals surface area contributed by atoms with E-state index in [1.165, 1.54) is 7.11 Å². The fourth-order valence-electron chi connectivity index (χ4n) is 1.98. The highest BCUT2D eigenvalue weighted by molar-refractivity contribution is 5.82. The number of nitrogens with two attached hydrogens (primary N) is 1. The van der Waals surface area contributed by atoms with E-state index in [2.05, 4.69) is 0 Å². The minimum atomic E-state index is -1.17. The van der Waals surface area contributed by atoms with Crippen LogP contribution in [0.4, 0.5) is 0 Å². The first-order valence-electron chi connectivity index (χ1n) is 6.29. The van der Waals surface area contributed by atoms with Gasteiger partial charge in [-0.15, -0.1) is 0 Å². The fourth-order valence-corrected chi connectivity index (χ4v) is 1.98. The average molecular weight is 265 g/mol. The van der Waals surface area contributed by atoms with Gasteiger partial charge in [0, 0.05) is 13.0 Å². The Kier molecular flexibility index (Phi) is 4.52. The second-order valence-electron chi connectivity index (χ2n) is 4.61. The van der Waals surface area contributed by atoms with E-state index in [-0.39, 0.29) is 6.10 Å². The monoisotopic (exact) mass is 265 g/mol. The standard InChI is InChI=1S/C14H19NO4/c1-17-13(16)14(15,11-5-3-2-4-6-11)7-8-19-12-9-18-10-12/h2-6,12H,7-10,15H2,1H3. The quantitative estimate of drug-likeness (QED) is 0.771. The van der Waals surface area contributed by atoms with Crippen LogP contribution in [0.3, 0.4) is 0 Å². The van der Waals surface area contributed by atoms with Gasteiger partial charge >= 0.3 is 5.97 Å². The molecular weight excluding hydrogens is 246 g/mol. The molecule has 1 aromatic rings. The van der Waals surface area contributed by atoms with Crippen LogP contribution in [0.5, 0.6) is 0 Å². The van der Waals surface area contributed by atoms with Crippen LogP contribution in [-0.2, 0) is 24.5 Å². The second-order valence-corrected chi connectivity index (χ2v) is 4.61. The van der Waals surface area contributed by atoms with Crippen molar-refractivity contribution in [1.29, 1.82) is 0 Å². The van der Waals surface area contributed by atoms with Crippen LogP contribution in [0.1, 0.15) is 12.0 Å². The lowest BCUT2D eigenvalue weighted by atomic mass is 9.88. The number of methoxy groups -OCH3 is 1. The van der Waals surface area contributed by atoms with Crippen molar-refractivity contribution in [2.75, 3.05) is 26.9 Å². The summed E-state index contributed by atoms with van der Waals surface area (Å²) in [4.78, 5) is 12.0.